The molecule has 0 bridgehead atoms. The van der Waals surface area contributed by atoms with Gasteiger partial charge in [-0.3, -0.25) is 0 Å². The zero-order valence-corrected chi connectivity index (χ0v) is 18.8. The molecule has 0 unspecified atom stereocenters. The number of methoxy groups -OCH3 is 1. The van der Waals surface area contributed by atoms with E-state index >= 15 is 0 Å². The topological polar surface area (TPSA) is 58.6 Å². The molecule has 0 aliphatic carbocycles. The van der Waals surface area contributed by atoms with Crippen molar-refractivity contribution in [1.82, 2.24) is 4.72 Å². The van der Waals surface area contributed by atoms with Crippen LogP contribution in [0.25, 0.3) is 0 Å². The molecule has 0 aromatic heterocycles. The van der Waals surface area contributed by atoms with Crippen molar-refractivity contribution < 1.29 is 13.2 Å². The molecule has 1 saturated heterocycles. The van der Waals surface area contributed by atoms with E-state index in [1.165, 1.54) is 18.5 Å². The second-order valence-electron chi connectivity index (χ2n) is 8.22. The first-order valence-electron chi connectivity index (χ1n) is 10.2. The standard InChI is InChI=1S/C23H32N2O3S/c1-16-7-6-12-25(15-16)21-10-8-20(9-11-21)19(4)24-29(26,27)23-14-17(2)22(28-5)13-18(23)3/h8-11,13-14,16,19,24H,6-7,12,15H2,1-5H3/t16-,19+/m0/s1. The Labute approximate surface area is 175 Å². The van der Waals surface area contributed by atoms with Crippen molar-refractivity contribution in [3.05, 3.63) is 53.1 Å². The highest BCUT2D eigenvalue weighted by atomic mass is 32.2. The molecule has 2 aromatic carbocycles. The van der Waals surface area contributed by atoms with Crippen molar-refractivity contribution in [3.8, 4) is 5.75 Å². The second kappa shape index (κ2) is 8.76. The van der Waals surface area contributed by atoms with E-state index in [-0.39, 0.29) is 6.04 Å². The number of anilines is 1. The zero-order chi connectivity index (χ0) is 21.2. The van der Waals surface area contributed by atoms with E-state index in [1.54, 1.807) is 26.2 Å². The molecular formula is C23H32N2O3S. The maximum atomic E-state index is 13.0. The van der Waals surface area contributed by atoms with E-state index in [0.29, 0.717) is 22.1 Å². The maximum absolute atomic E-state index is 13.0. The quantitative estimate of drug-likeness (QED) is 0.748. The first-order chi connectivity index (χ1) is 13.7. The van der Waals surface area contributed by atoms with E-state index in [2.05, 4.69) is 28.7 Å². The molecule has 3 rings (SSSR count). The van der Waals surface area contributed by atoms with Gasteiger partial charge in [-0.15, -0.1) is 0 Å². The molecule has 158 valence electrons. The number of sulfonamides is 1. The highest BCUT2D eigenvalue weighted by Gasteiger charge is 2.22. The third kappa shape index (κ3) is 4.93. The first-order valence-corrected chi connectivity index (χ1v) is 11.7. The number of rotatable bonds is 6. The molecule has 1 fully saturated rings. The number of piperidine rings is 1. The van der Waals surface area contributed by atoms with Gasteiger partial charge >= 0.3 is 0 Å². The average molecular weight is 417 g/mol. The van der Waals surface area contributed by atoms with Gasteiger partial charge in [0.15, 0.2) is 0 Å². The van der Waals surface area contributed by atoms with E-state index in [0.717, 1.165) is 24.2 Å². The summed E-state index contributed by atoms with van der Waals surface area (Å²) in [4.78, 5) is 2.71. The van der Waals surface area contributed by atoms with Gasteiger partial charge in [-0.25, -0.2) is 13.1 Å². The van der Waals surface area contributed by atoms with E-state index in [9.17, 15) is 8.42 Å². The Balaban J connectivity index is 1.75. The molecule has 1 heterocycles. The first kappa shape index (κ1) is 21.7. The Morgan fingerprint density at radius 1 is 1.14 bits per heavy atom. The maximum Gasteiger partial charge on any atom is 0.241 e. The number of nitrogens with one attached hydrogen (secondary N) is 1. The number of hydrogen-bond donors (Lipinski definition) is 1. The number of hydrogen-bond acceptors (Lipinski definition) is 4. The van der Waals surface area contributed by atoms with Gasteiger partial charge in [0, 0.05) is 24.8 Å². The molecule has 1 aliphatic heterocycles. The molecular weight excluding hydrogens is 384 g/mol. The fourth-order valence-corrected chi connectivity index (χ4v) is 5.58. The van der Waals surface area contributed by atoms with Crippen LogP contribution in [0.5, 0.6) is 5.75 Å². The van der Waals surface area contributed by atoms with Gasteiger partial charge in [0.25, 0.3) is 0 Å². The Morgan fingerprint density at radius 3 is 2.45 bits per heavy atom. The Bertz CT molecular complexity index is 955. The molecule has 0 radical (unpaired) electrons. The lowest BCUT2D eigenvalue weighted by atomic mass is 9.99. The predicted octanol–water partition coefficient (Wildman–Crippen LogP) is 4.59. The number of ether oxygens (including phenoxy) is 1. The summed E-state index contributed by atoms with van der Waals surface area (Å²) in [5, 5.41) is 0. The van der Waals surface area contributed by atoms with E-state index < -0.39 is 10.0 Å². The summed E-state index contributed by atoms with van der Waals surface area (Å²) in [7, 11) is -2.05. The van der Waals surface area contributed by atoms with Crippen molar-refractivity contribution in [2.45, 2.75) is 51.5 Å². The average Bonchev–Trinajstić information content (AvgIpc) is 2.69. The molecule has 29 heavy (non-hydrogen) atoms. The summed E-state index contributed by atoms with van der Waals surface area (Å²) in [6.45, 7) is 9.97. The van der Waals surface area contributed by atoms with Crippen LogP contribution in [0.1, 0.15) is 49.4 Å². The molecule has 2 atom stereocenters. The van der Waals surface area contributed by atoms with Crippen LogP contribution in [0.4, 0.5) is 5.69 Å². The van der Waals surface area contributed by atoms with Crippen LogP contribution in [-0.4, -0.2) is 28.6 Å². The van der Waals surface area contributed by atoms with Crippen LogP contribution in [0, 0.1) is 19.8 Å². The predicted molar refractivity (Wildman–Crippen MR) is 118 cm³/mol. The SMILES string of the molecule is COc1cc(C)c(S(=O)(=O)N[C@H](C)c2ccc(N3CCC[C@H](C)C3)cc2)cc1C. The fourth-order valence-electron chi connectivity index (χ4n) is 4.03. The third-order valence-corrected chi connectivity index (χ3v) is 7.41. The monoisotopic (exact) mass is 416 g/mol. The molecule has 6 heteroatoms. The molecule has 5 nitrogen and oxygen atoms in total. The number of benzene rings is 2. The molecule has 0 amide bonds. The van der Waals surface area contributed by atoms with Gasteiger partial charge in [-0.1, -0.05) is 19.1 Å². The summed E-state index contributed by atoms with van der Waals surface area (Å²) in [5.74, 6) is 1.41. The van der Waals surface area contributed by atoms with E-state index in [4.69, 9.17) is 4.74 Å². The van der Waals surface area contributed by atoms with Gasteiger partial charge in [-0.2, -0.15) is 0 Å². The Kier molecular flexibility index (Phi) is 6.54. The van der Waals surface area contributed by atoms with Crippen LogP contribution in [-0.2, 0) is 10.0 Å². The smallest absolute Gasteiger partial charge is 0.241 e. The van der Waals surface area contributed by atoms with Gasteiger partial charge in [-0.05, 0) is 80.5 Å². The van der Waals surface area contributed by atoms with Crippen molar-refractivity contribution in [2.75, 3.05) is 25.1 Å². The summed E-state index contributed by atoms with van der Waals surface area (Å²) < 4.78 is 34.1. The molecule has 1 aliphatic rings. The molecule has 0 spiro atoms. The zero-order valence-electron chi connectivity index (χ0n) is 18.0. The van der Waals surface area contributed by atoms with Crippen LogP contribution >= 0.6 is 0 Å². The minimum Gasteiger partial charge on any atom is -0.496 e. The fraction of sp³-hybridized carbons (Fsp3) is 0.478. The van der Waals surface area contributed by atoms with Crippen molar-refractivity contribution in [1.29, 1.82) is 0 Å². The summed E-state index contributed by atoms with van der Waals surface area (Å²) in [6, 6.07) is 11.4. The van der Waals surface area contributed by atoms with Gasteiger partial charge in [0.1, 0.15) is 5.75 Å². The van der Waals surface area contributed by atoms with Crippen LogP contribution < -0.4 is 14.4 Å². The van der Waals surface area contributed by atoms with Gasteiger partial charge in [0.05, 0.1) is 12.0 Å². The van der Waals surface area contributed by atoms with E-state index in [1.807, 2.05) is 26.0 Å². The van der Waals surface area contributed by atoms with Crippen molar-refractivity contribution in [2.24, 2.45) is 5.92 Å². The van der Waals surface area contributed by atoms with Gasteiger partial charge in [0.2, 0.25) is 10.0 Å². The van der Waals surface area contributed by atoms with Crippen LogP contribution in [0.2, 0.25) is 0 Å². The lowest BCUT2D eigenvalue weighted by Gasteiger charge is -2.33. The number of nitrogens with zero attached hydrogens (tertiary/aromatic N) is 1. The van der Waals surface area contributed by atoms with Crippen molar-refractivity contribution in [3.63, 3.8) is 0 Å². The van der Waals surface area contributed by atoms with Crippen molar-refractivity contribution >= 4 is 15.7 Å². The lowest BCUT2D eigenvalue weighted by molar-refractivity contribution is 0.411. The molecule has 0 saturated carbocycles. The summed E-state index contributed by atoms with van der Waals surface area (Å²) >= 11 is 0. The van der Waals surface area contributed by atoms with Crippen LogP contribution in [0.3, 0.4) is 0 Å². The third-order valence-electron chi connectivity index (χ3n) is 5.73. The minimum atomic E-state index is -3.64. The molecule has 2 aromatic rings. The van der Waals surface area contributed by atoms with Crippen LogP contribution in [0.15, 0.2) is 41.3 Å². The second-order valence-corrected chi connectivity index (χ2v) is 9.90. The highest BCUT2D eigenvalue weighted by Crippen LogP contribution is 2.28. The normalized spacial score (nSPS) is 18.5. The lowest BCUT2D eigenvalue weighted by Crippen LogP contribution is -2.34. The largest absolute Gasteiger partial charge is 0.496 e. The highest BCUT2D eigenvalue weighted by molar-refractivity contribution is 7.89. The Morgan fingerprint density at radius 2 is 1.83 bits per heavy atom. The summed E-state index contributed by atoms with van der Waals surface area (Å²) in [6.07, 6.45) is 2.51. The minimum absolute atomic E-state index is 0.293. The molecule has 1 N–H and O–H groups in total. The number of aryl methyl sites for hydroxylation is 2. The Hall–Kier alpha value is -2.05. The van der Waals surface area contributed by atoms with Gasteiger partial charge < -0.3 is 9.64 Å². The summed E-state index contributed by atoms with van der Waals surface area (Å²) in [5.41, 5.74) is 3.62.